The average Bonchev–Trinajstić information content (AvgIpc) is 3.23. The van der Waals surface area contributed by atoms with Gasteiger partial charge in [0, 0.05) is 11.1 Å². The molecular formula is C24H17F2NO. The number of oxazole rings is 1. The van der Waals surface area contributed by atoms with E-state index < -0.39 is 11.6 Å². The van der Waals surface area contributed by atoms with Crippen LogP contribution in [0.4, 0.5) is 8.78 Å². The maximum atomic E-state index is 14.0. The largest absolute Gasteiger partial charge is 0.445 e. The molecule has 0 saturated carbocycles. The van der Waals surface area contributed by atoms with Gasteiger partial charge in [-0.25, -0.2) is 13.8 Å². The molecule has 4 aromatic rings. The summed E-state index contributed by atoms with van der Waals surface area (Å²) in [5, 5.41) is 0. The summed E-state index contributed by atoms with van der Waals surface area (Å²) in [4.78, 5) is 4.25. The number of benzene rings is 3. The van der Waals surface area contributed by atoms with Crippen molar-refractivity contribution in [2.24, 2.45) is 0 Å². The van der Waals surface area contributed by atoms with Crippen molar-refractivity contribution in [3.63, 3.8) is 0 Å². The Morgan fingerprint density at radius 3 is 2.29 bits per heavy atom. The molecule has 138 valence electrons. The van der Waals surface area contributed by atoms with E-state index in [9.17, 15) is 8.78 Å². The number of halogens is 2. The number of hydrogen-bond acceptors (Lipinski definition) is 2. The molecule has 2 nitrogen and oxygen atoms in total. The molecule has 1 aromatic heterocycles. The first-order valence-corrected chi connectivity index (χ1v) is 8.85. The van der Waals surface area contributed by atoms with Crippen molar-refractivity contribution in [2.75, 3.05) is 0 Å². The van der Waals surface area contributed by atoms with E-state index in [1.54, 1.807) is 12.3 Å². The van der Waals surface area contributed by atoms with Gasteiger partial charge in [-0.1, -0.05) is 48.5 Å². The van der Waals surface area contributed by atoms with Crippen molar-refractivity contribution in [1.82, 2.24) is 4.98 Å². The topological polar surface area (TPSA) is 26.0 Å². The molecule has 0 saturated heterocycles. The van der Waals surface area contributed by atoms with Crippen LogP contribution in [0.3, 0.4) is 0 Å². The Labute approximate surface area is 161 Å². The van der Waals surface area contributed by atoms with Gasteiger partial charge in [-0.2, -0.15) is 0 Å². The first kappa shape index (κ1) is 17.9. The average molecular weight is 373 g/mol. The standard InChI is InChI=1S/C24H17F2NO/c1-16-14-18(10-11-19-22(25)8-5-9-23(19)26)21(24-27-12-13-28-24)15-20(16)17-6-3-2-4-7-17/h2-15H,1H3/b11-10+. The summed E-state index contributed by atoms with van der Waals surface area (Å²) in [5.41, 5.74) is 4.59. The maximum absolute atomic E-state index is 14.0. The molecule has 0 aliphatic rings. The number of rotatable bonds is 4. The van der Waals surface area contributed by atoms with Crippen LogP contribution in [0.1, 0.15) is 16.7 Å². The van der Waals surface area contributed by atoms with Gasteiger partial charge in [-0.05, 0) is 53.5 Å². The highest BCUT2D eigenvalue weighted by molar-refractivity contribution is 5.83. The van der Waals surface area contributed by atoms with E-state index in [1.165, 1.54) is 30.5 Å². The number of nitrogens with zero attached hydrogens (tertiary/aromatic N) is 1. The summed E-state index contributed by atoms with van der Waals surface area (Å²) in [6.07, 6.45) is 6.19. The lowest BCUT2D eigenvalue weighted by molar-refractivity contribution is 0.574. The highest BCUT2D eigenvalue weighted by Crippen LogP contribution is 2.33. The zero-order valence-corrected chi connectivity index (χ0v) is 15.2. The Hall–Kier alpha value is -3.53. The smallest absolute Gasteiger partial charge is 0.226 e. The second-order valence-corrected chi connectivity index (χ2v) is 6.43. The van der Waals surface area contributed by atoms with Gasteiger partial charge in [0.05, 0.1) is 6.20 Å². The Kier molecular flexibility index (Phi) is 4.85. The molecule has 0 spiro atoms. The van der Waals surface area contributed by atoms with Crippen molar-refractivity contribution in [2.45, 2.75) is 6.92 Å². The Morgan fingerprint density at radius 1 is 0.857 bits per heavy atom. The second kappa shape index (κ2) is 7.61. The minimum atomic E-state index is -0.605. The van der Waals surface area contributed by atoms with E-state index in [2.05, 4.69) is 4.98 Å². The van der Waals surface area contributed by atoms with E-state index in [0.717, 1.165) is 27.8 Å². The van der Waals surface area contributed by atoms with Crippen LogP contribution in [0.5, 0.6) is 0 Å². The Bertz CT molecular complexity index is 1110. The normalized spacial score (nSPS) is 11.2. The van der Waals surface area contributed by atoms with E-state index in [0.29, 0.717) is 5.89 Å². The van der Waals surface area contributed by atoms with Gasteiger partial charge in [0.2, 0.25) is 5.89 Å². The third-order valence-electron chi connectivity index (χ3n) is 4.57. The van der Waals surface area contributed by atoms with E-state index in [1.807, 2.05) is 49.4 Å². The van der Waals surface area contributed by atoms with Crippen LogP contribution in [0, 0.1) is 18.6 Å². The lowest BCUT2D eigenvalue weighted by Gasteiger charge is -2.11. The van der Waals surface area contributed by atoms with Crippen LogP contribution >= 0.6 is 0 Å². The molecule has 0 amide bonds. The summed E-state index contributed by atoms with van der Waals surface area (Å²) in [6.45, 7) is 2.00. The van der Waals surface area contributed by atoms with Crippen LogP contribution in [-0.4, -0.2) is 4.98 Å². The minimum absolute atomic E-state index is 0.0781. The lowest BCUT2D eigenvalue weighted by Crippen LogP contribution is -1.91. The molecule has 0 atom stereocenters. The minimum Gasteiger partial charge on any atom is -0.445 e. The fourth-order valence-electron chi connectivity index (χ4n) is 3.18. The van der Waals surface area contributed by atoms with Crippen molar-refractivity contribution < 1.29 is 13.2 Å². The number of aryl methyl sites for hydroxylation is 1. The summed E-state index contributed by atoms with van der Waals surface area (Å²) in [5.74, 6) is -0.760. The summed E-state index contributed by atoms with van der Waals surface area (Å²) >= 11 is 0. The van der Waals surface area contributed by atoms with Gasteiger partial charge in [0.15, 0.2) is 0 Å². The van der Waals surface area contributed by atoms with E-state index in [4.69, 9.17) is 4.42 Å². The molecule has 1 heterocycles. The van der Waals surface area contributed by atoms with Crippen LogP contribution in [0.25, 0.3) is 34.7 Å². The van der Waals surface area contributed by atoms with Gasteiger partial charge >= 0.3 is 0 Å². The van der Waals surface area contributed by atoms with Crippen LogP contribution in [0.15, 0.2) is 77.5 Å². The zero-order chi connectivity index (χ0) is 19.5. The summed E-state index contributed by atoms with van der Waals surface area (Å²) in [6, 6.07) is 17.8. The highest BCUT2D eigenvalue weighted by Gasteiger charge is 2.13. The molecule has 0 N–H and O–H groups in total. The Morgan fingerprint density at radius 2 is 1.61 bits per heavy atom. The number of hydrogen-bond donors (Lipinski definition) is 0. The molecule has 0 fully saturated rings. The molecule has 4 rings (SSSR count). The first-order chi connectivity index (χ1) is 13.6. The molecule has 0 aliphatic carbocycles. The van der Waals surface area contributed by atoms with Crippen LogP contribution in [-0.2, 0) is 0 Å². The van der Waals surface area contributed by atoms with Crippen molar-refractivity contribution in [1.29, 1.82) is 0 Å². The molecular weight excluding hydrogens is 356 g/mol. The van der Waals surface area contributed by atoms with E-state index >= 15 is 0 Å². The number of aromatic nitrogens is 1. The molecule has 4 heteroatoms. The maximum Gasteiger partial charge on any atom is 0.226 e. The summed E-state index contributed by atoms with van der Waals surface area (Å²) in [7, 11) is 0. The molecule has 0 aliphatic heterocycles. The lowest BCUT2D eigenvalue weighted by atomic mass is 9.94. The second-order valence-electron chi connectivity index (χ2n) is 6.43. The van der Waals surface area contributed by atoms with Gasteiger partial charge in [-0.15, -0.1) is 0 Å². The zero-order valence-electron chi connectivity index (χ0n) is 15.2. The fraction of sp³-hybridized carbons (Fsp3) is 0.0417. The van der Waals surface area contributed by atoms with Crippen molar-refractivity contribution >= 4 is 12.2 Å². The molecule has 0 radical (unpaired) electrons. The third-order valence-corrected chi connectivity index (χ3v) is 4.57. The monoisotopic (exact) mass is 373 g/mol. The summed E-state index contributed by atoms with van der Waals surface area (Å²) < 4.78 is 33.4. The van der Waals surface area contributed by atoms with Crippen molar-refractivity contribution in [3.05, 3.63) is 101 Å². The molecule has 0 unspecified atom stereocenters. The van der Waals surface area contributed by atoms with Gasteiger partial charge < -0.3 is 4.42 Å². The molecule has 28 heavy (non-hydrogen) atoms. The van der Waals surface area contributed by atoms with Crippen LogP contribution < -0.4 is 0 Å². The highest BCUT2D eigenvalue weighted by atomic mass is 19.1. The predicted octanol–water partition coefficient (Wildman–Crippen LogP) is 6.77. The quantitative estimate of drug-likeness (QED) is 0.369. The van der Waals surface area contributed by atoms with Crippen LogP contribution in [0.2, 0.25) is 0 Å². The predicted molar refractivity (Wildman–Crippen MR) is 107 cm³/mol. The van der Waals surface area contributed by atoms with Gasteiger partial charge in [0.25, 0.3) is 0 Å². The third kappa shape index (κ3) is 3.49. The SMILES string of the molecule is Cc1cc(/C=C/c2c(F)cccc2F)c(-c2ncco2)cc1-c1ccccc1. The van der Waals surface area contributed by atoms with Gasteiger partial charge in [-0.3, -0.25) is 0 Å². The molecule has 0 bridgehead atoms. The molecule has 3 aromatic carbocycles. The Balaban J connectivity index is 1.85. The van der Waals surface area contributed by atoms with Gasteiger partial charge in [0.1, 0.15) is 17.9 Å². The van der Waals surface area contributed by atoms with E-state index in [-0.39, 0.29) is 5.56 Å². The first-order valence-electron chi connectivity index (χ1n) is 8.85. The van der Waals surface area contributed by atoms with Crippen molar-refractivity contribution in [3.8, 4) is 22.6 Å². The fourth-order valence-corrected chi connectivity index (χ4v) is 3.18.